The lowest BCUT2D eigenvalue weighted by molar-refractivity contribution is 0.253. The topological polar surface area (TPSA) is 54.3 Å². The van der Waals surface area contributed by atoms with E-state index in [-0.39, 0.29) is 12.2 Å². The molecule has 3 heterocycles. The molecule has 0 radical (unpaired) electrons. The number of nitrogens with zero attached hydrogens (tertiary/aromatic N) is 1. The van der Waals surface area contributed by atoms with Gasteiger partial charge in [-0.2, -0.15) is 0 Å². The molecule has 120 valence electrons. The molecule has 2 aliphatic heterocycles. The van der Waals surface area contributed by atoms with Gasteiger partial charge in [-0.1, -0.05) is 29.8 Å². The van der Waals surface area contributed by atoms with E-state index in [4.69, 9.17) is 11.6 Å². The average Bonchev–Trinajstić information content (AvgIpc) is 2.57. The number of benzene rings is 1. The summed E-state index contributed by atoms with van der Waals surface area (Å²) in [5, 5.41) is 13.8. The minimum atomic E-state index is -0.160. The van der Waals surface area contributed by atoms with Crippen LogP contribution < -0.4 is 10.9 Å². The van der Waals surface area contributed by atoms with Crippen LogP contribution in [0.1, 0.15) is 23.6 Å². The average molecular weight is 331 g/mol. The molecule has 23 heavy (non-hydrogen) atoms. The van der Waals surface area contributed by atoms with E-state index in [1.165, 1.54) is 0 Å². The molecule has 0 spiro atoms. The Morgan fingerprint density at radius 3 is 2.91 bits per heavy atom. The molecular weight excluding hydrogens is 312 g/mol. The van der Waals surface area contributed by atoms with Gasteiger partial charge in [0.25, 0.3) is 5.56 Å². The zero-order valence-electron chi connectivity index (χ0n) is 12.8. The molecule has 1 aromatic heterocycles. The fourth-order valence-electron chi connectivity index (χ4n) is 3.97. The van der Waals surface area contributed by atoms with Crippen molar-refractivity contribution in [2.75, 3.05) is 13.1 Å². The third-order valence-corrected chi connectivity index (χ3v) is 5.36. The highest BCUT2D eigenvalue weighted by Crippen LogP contribution is 2.35. The van der Waals surface area contributed by atoms with Crippen LogP contribution in [0.2, 0.25) is 5.02 Å². The molecule has 0 aliphatic carbocycles. The van der Waals surface area contributed by atoms with Gasteiger partial charge in [0.2, 0.25) is 0 Å². The molecule has 2 atom stereocenters. The van der Waals surface area contributed by atoms with Crippen molar-refractivity contribution < 1.29 is 5.11 Å². The lowest BCUT2D eigenvalue weighted by Crippen LogP contribution is -2.45. The maximum atomic E-state index is 13.1. The van der Waals surface area contributed by atoms with Gasteiger partial charge in [0, 0.05) is 35.3 Å². The predicted octanol–water partition coefficient (Wildman–Crippen LogP) is 2.37. The Bertz CT molecular complexity index is 815. The van der Waals surface area contributed by atoms with Gasteiger partial charge in [0.05, 0.1) is 12.2 Å². The molecule has 2 N–H and O–H groups in total. The minimum absolute atomic E-state index is 0.0312. The van der Waals surface area contributed by atoms with E-state index >= 15 is 0 Å². The molecule has 1 fully saturated rings. The molecule has 2 aromatic rings. The van der Waals surface area contributed by atoms with Gasteiger partial charge in [-0.25, -0.2) is 0 Å². The van der Waals surface area contributed by atoms with Crippen molar-refractivity contribution in [3.8, 4) is 11.1 Å². The number of nitrogens with one attached hydrogen (secondary N) is 1. The van der Waals surface area contributed by atoms with E-state index < -0.39 is 0 Å². The second-order valence-electron chi connectivity index (χ2n) is 6.48. The second-order valence-corrected chi connectivity index (χ2v) is 6.89. The third-order valence-electron chi connectivity index (χ3n) is 5.03. The normalized spacial score (nSPS) is 22.7. The number of aliphatic hydroxyl groups excluding tert-OH is 1. The Morgan fingerprint density at radius 2 is 2.13 bits per heavy atom. The Balaban J connectivity index is 1.96. The van der Waals surface area contributed by atoms with Gasteiger partial charge < -0.3 is 15.0 Å². The van der Waals surface area contributed by atoms with Crippen LogP contribution in [0.5, 0.6) is 0 Å². The van der Waals surface area contributed by atoms with Crippen molar-refractivity contribution in [1.29, 1.82) is 0 Å². The van der Waals surface area contributed by atoms with E-state index in [1.807, 2.05) is 28.8 Å². The first-order chi connectivity index (χ1) is 11.2. The Hall–Kier alpha value is -1.62. The quantitative estimate of drug-likeness (QED) is 0.889. The van der Waals surface area contributed by atoms with Crippen molar-refractivity contribution in [3.05, 3.63) is 57.0 Å². The highest BCUT2D eigenvalue weighted by Gasteiger charge is 2.32. The minimum Gasteiger partial charge on any atom is -0.392 e. The van der Waals surface area contributed by atoms with Gasteiger partial charge in [-0.05, 0) is 36.6 Å². The summed E-state index contributed by atoms with van der Waals surface area (Å²) in [6.45, 7) is 2.44. The molecule has 2 aliphatic rings. The zero-order valence-corrected chi connectivity index (χ0v) is 13.5. The number of aliphatic hydroxyl groups is 1. The molecule has 1 aromatic carbocycles. The van der Waals surface area contributed by atoms with Crippen molar-refractivity contribution in [1.82, 2.24) is 9.88 Å². The molecule has 4 rings (SSSR count). The highest BCUT2D eigenvalue weighted by molar-refractivity contribution is 6.33. The fraction of sp³-hybridized carbons (Fsp3) is 0.389. The molecular formula is C18H19ClN2O2. The first-order valence-electron chi connectivity index (χ1n) is 8.02. The first kappa shape index (κ1) is 14.9. The summed E-state index contributed by atoms with van der Waals surface area (Å²) >= 11 is 6.30. The van der Waals surface area contributed by atoms with E-state index in [1.54, 1.807) is 6.07 Å². The maximum absolute atomic E-state index is 13.1. The van der Waals surface area contributed by atoms with Crippen LogP contribution in [0.4, 0.5) is 0 Å². The summed E-state index contributed by atoms with van der Waals surface area (Å²) in [5.41, 5.74) is 2.91. The van der Waals surface area contributed by atoms with Gasteiger partial charge >= 0.3 is 0 Å². The monoisotopic (exact) mass is 330 g/mol. The van der Waals surface area contributed by atoms with Gasteiger partial charge in [0.1, 0.15) is 0 Å². The molecule has 0 amide bonds. The summed E-state index contributed by atoms with van der Waals surface area (Å²) in [5.74, 6) is 0.846. The number of piperidine rings is 1. The van der Waals surface area contributed by atoms with Crippen molar-refractivity contribution >= 4 is 11.6 Å². The van der Waals surface area contributed by atoms with E-state index in [0.29, 0.717) is 33.5 Å². The van der Waals surface area contributed by atoms with Crippen LogP contribution in [-0.2, 0) is 13.2 Å². The van der Waals surface area contributed by atoms with Gasteiger partial charge in [-0.15, -0.1) is 0 Å². The van der Waals surface area contributed by atoms with Crippen LogP contribution in [0.3, 0.4) is 0 Å². The summed E-state index contributed by atoms with van der Waals surface area (Å²) in [6, 6.07) is 9.33. The van der Waals surface area contributed by atoms with Crippen LogP contribution in [-0.4, -0.2) is 22.8 Å². The number of pyridine rings is 1. The Labute approximate surface area is 139 Å². The largest absolute Gasteiger partial charge is 0.392 e. The van der Waals surface area contributed by atoms with Crippen LogP contribution >= 0.6 is 11.6 Å². The summed E-state index contributed by atoms with van der Waals surface area (Å²) in [7, 11) is 0. The van der Waals surface area contributed by atoms with Gasteiger partial charge in [0.15, 0.2) is 0 Å². The maximum Gasteiger partial charge on any atom is 0.259 e. The first-order valence-corrected chi connectivity index (χ1v) is 8.40. The van der Waals surface area contributed by atoms with Crippen molar-refractivity contribution in [2.45, 2.75) is 25.5 Å². The smallest absolute Gasteiger partial charge is 0.259 e. The third kappa shape index (κ3) is 2.42. The second kappa shape index (κ2) is 5.78. The number of hydrogen-bond acceptors (Lipinski definition) is 3. The van der Waals surface area contributed by atoms with Crippen LogP contribution in [0, 0.1) is 5.92 Å². The molecule has 2 bridgehead atoms. The highest BCUT2D eigenvalue weighted by atomic mass is 35.5. The molecule has 2 unspecified atom stereocenters. The van der Waals surface area contributed by atoms with Gasteiger partial charge in [-0.3, -0.25) is 4.79 Å². The number of fused-ring (bicyclic) bond motifs is 4. The zero-order chi connectivity index (χ0) is 16.0. The molecule has 0 saturated carbocycles. The summed E-state index contributed by atoms with van der Waals surface area (Å²) < 4.78 is 1.90. The van der Waals surface area contributed by atoms with Crippen LogP contribution in [0.25, 0.3) is 11.1 Å². The lowest BCUT2D eigenvalue weighted by Gasteiger charge is -2.38. The lowest BCUT2D eigenvalue weighted by atomic mass is 9.83. The van der Waals surface area contributed by atoms with Crippen molar-refractivity contribution in [3.63, 3.8) is 0 Å². The number of rotatable bonds is 2. The molecule has 5 heteroatoms. The Morgan fingerprint density at radius 1 is 1.30 bits per heavy atom. The molecule has 4 nitrogen and oxygen atoms in total. The summed E-state index contributed by atoms with van der Waals surface area (Å²) in [6.07, 6.45) is 1.11. The predicted molar refractivity (Wildman–Crippen MR) is 90.8 cm³/mol. The SMILES string of the molecule is O=c1c(-c2ccccc2Cl)c(CO)cc2n1CC1CNCC2C1. The Kier molecular flexibility index (Phi) is 3.76. The molecule has 1 saturated heterocycles. The van der Waals surface area contributed by atoms with Crippen molar-refractivity contribution in [2.24, 2.45) is 5.92 Å². The fourth-order valence-corrected chi connectivity index (χ4v) is 4.21. The standard InChI is InChI=1S/C18H19ClN2O2/c19-15-4-2-1-3-14(15)17-13(10-22)6-16-12-5-11(7-20-8-12)9-21(16)18(17)23/h1-4,6,11-12,20,22H,5,7-10H2. The number of aromatic nitrogens is 1. The number of halogens is 1. The van der Waals surface area contributed by atoms with E-state index in [9.17, 15) is 9.90 Å². The van der Waals surface area contributed by atoms with E-state index in [2.05, 4.69) is 5.32 Å². The summed E-state index contributed by atoms with van der Waals surface area (Å²) in [4.78, 5) is 13.1. The number of hydrogen-bond donors (Lipinski definition) is 2. The van der Waals surface area contributed by atoms with Crippen LogP contribution in [0.15, 0.2) is 35.1 Å². The van der Waals surface area contributed by atoms with E-state index in [0.717, 1.165) is 31.7 Å².